The molecule has 0 unspecified atom stereocenters. The van der Waals surface area contributed by atoms with Gasteiger partial charge in [-0.2, -0.15) is 0 Å². The maximum Gasteiger partial charge on any atom is 0.341 e. The van der Waals surface area contributed by atoms with Crippen molar-refractivity contribution in [1.82, 2.24) is 0 Å². The lowest BCUT2D eigenvalue weighted by molar-refractivity contribution is 0.0309. The summed E-state index contributed by atoms with van der Waals surface area (Å²) in [6.07, 6.45) is -1.28. The zero-order valence-corrected chi connectivity index (χ0v) is 19.0. The molecular weight excluding hydrogens is 464 g/mol. The lowest BCUT2D eigenvalue weighted by Crippen LogP contribution is -2.48. The zero-order valence-electron chi connectivity index (χ0n) is 18.1. The third-order valence-electron chi connectivity index (χ3n) is 5.59. The molecule has 1 amide bonds. The molecule has 0 bridgehead atoms. The van der Waals surface area contributed by atoms with E-state index in [1.165, 1.54) is 36.4 Å². The average molecular weight is 486 g/mol. The molecule has 1 saturated heterocycles. The maximum atomic E-state index is 14.5. The molecule has 1 aliphatic rings. The van der Waals surface area contributed by atoms with Crippen molar-refractivity contribution < 1.29 is 31.5 Å². The van der Waals surface area contributed by atoms with Gasteiger partial charge in [0.25, 0.3) is 5.91 Å². The van der Waals surface area contributed by atoms with Crippen LogP contribution >= 0.6 is 0 Å². The Labute approximate surface area is 195 Å². The molecule has 0 aromatic heterocycles. The molecule has 0 spiro atoms. The van der Waals surface area contributed by atoms with Crippen molar-refractivity contribution >= 4 is 27.4 Å². The molecule has 2 atom stereocenters. The minimum atomic E-state index is -3.73. The standard InChI is InChI=1S/C25H21F2NO5S/c1-16-10-12-17(13-11-16)28(24(29)18-6-2-4-8-20(18)26)22-14-34(31,32)15-23(22)33-25(30)19-7-3-5-9-21(19)27/h2-13,22-23H,14-15H2,1H3/t22-,23+/m1/s1. The van der Waals surface area contributed by atoms with E-state index in [0.29, 0.717) is 5.69 Å². The summed E-state index contributed by atoms with van der Waals surface area (Å²) in [5.74, 6) is -4.47. The van der Waals surface area contributed by atoms with Crippen LogP contribution in [-0.4, -0.2) is 43.9 Å². The number of aryl methyl sites for hydroxylation is 1. The SMILES string of the molecule is Cc1ccc(N(C(=O)c2ccccc2F)[C@@H]2CS(=O)(=O)C[C@@H]2OC(=O)c2ccccc2F)cc1. The fraction of sp³-hybridized carbons (Fsp3) is 0.200. The molecule has 1 heterocycles. The number of nitrogens with zero attached hydrogens (tertiary/aromatic N) is 1. The molecule has 0 saturated carbocycles. The number of hydrogen-bond donors (Lipinski definition) is 0. The van der Waals surface area contributed by atoms with Gasteiger partial charge in [-0.1, -0.05) is 42.0 Å². The summed E-state index contributed by atoms with van der Waals surface area (Å²) in [4.78, 5) is 27.3. The van der Waals surface area contributed by atoms with E-state index in [0.717, 1.165) is 22.6 Å². The average Bonchev–Trinajstić information content (AvgIpc) is 3.09. The van der Waals surface area contributed by atoms with Gasteiger partial charge in [0.2, 0.25) is 0 Å². The van der Waals surface area contributed by atoms with Gasteiger partial charge in [0.05, 0.1) is 28.7 Å². The molecule has 4 rings (SSSR count). The molecule has 34 heavy (non-hydrogen) atoms. The second-order valence-electron chi connectivity index (χ2n) is 8.06. The lowest BCUT2D eigenvalue weighted by atomic mass is 10.1. The summed E-state index contributed by atoms with van der Waals surface area (Å²) >= 11 is 0. The van der Waals surface area contributed by atoms with Crippen LogP contribution in [0.2, 0.25) is 0 Å². The monoisotopic (exact) mass is 485 g/mol. The second kappa shape index (κ2) is 9.34. The van der Waals surface area contributed by atoms with Crippen LogP contribution in [0, 0.1) is 18.6 Å². The van der Waals surface area contributed by atoms with Gasteiger partial charge in [0, 0.05) is 5.69 Å². The van der Waals surface area contributed by atoms with E-state index in [2.05, 4.69) is 0 Å². The van der Waals surface area contributed by atoms with E-state index in [1.807, 2.05) is 6.92 Å². The van der Waals surface area contributed by atoms with E-state index >= 15 is 0 Å². The Morgan fingerprint density at radius 1 is 0.853 bits per heavy atom. The number of rotatable bonds is 5. The Kier molecular flexibility index (Phi) is 6.47. The lowest BCUT2D eigenvalue weighted by Gasteiger charge is -2.32. The van der Waals surface area contributed by atoms with Crippen molar-refractivity contribution in [3.8, 4) is 0 Å². The first-order valence-corrected chi connectivity index (χ1v) is 12.3. The number of amides is 1. The summed E-state index contributed by atoms with van der Waals surface area (Å²) in [6, 6.07) is 16.0. The van der Waals surface area contributed by atoms with Crippen LogP contribution in [0.25, 0.3) is 0 Å². The Morgan fingerprint density at radius 2 is 1.41 bits per heavy atom. The van der Waals surface area contributed by atoms with Gasteiger partial charge in [-0.05, 0) is 43.3 Å². The number of anilines is 1. The molecule has 3 aromatic carbocycles. The maximum absolute atomic E-state index is 14.5. The minimum Gasteiger partial charge on any atom is -0.455 e. The number of hydrogen-bond acceptors (Lipinski definition) is 5. The van der Waals surface area contributed by atoms with E-state index in [1.54, 1.807) is 24.3 Å². The summed E-state index contributed by atoms with van der Waals surface area (Å²) in [6.45, 7) is 1.84. The summed E-state index contributed by atoms with van der Waals surface area (Å²) in [5.41, 5.74) is 0.593. The van der Waals surface area contributed by atoms with Crippen molar-refractivity contribution in [3.63, 3.8) is 0 Å². The molecular formula is C25H21F2NO5S. The molecule has 1 fully saturated rings. The first kappa shape index (κ1) is 23.6. The zero-order chi connectivity index (χ0) is 24.5. The number of carbonyl (C=O) groups excluding carboxylic acids is 2. The van der Waals surface area contributed by atoms with Crippen LogP contribution in [0.4, 0.5) is 14.5 Å². The Morgan fingerprint density at radius 3 is 2.00 bits per heavy atom. The molecule has 1 aliphatic heterocycles. The smallest absolute Gasteiger partial charge is 0.341 e. The van der Waals surface area contributed by atoms with Gasteiger partial charge >= 0.3 is 5.97 Å². The Bertz CT molecular complexity index is 1340. The highest BCUT2D eigenvalue weighted by molar-refractivity contribution is 7.91. The van der Waals surface area contributed by atoms with Crippen molar-refractivity contribution in [1.29, 1.82) is 0 Å². The van der Waals surface area contributed by atoms with Crippen LogP contribution in [0.5, 0.6) is 0 Å². The largest absolute Gasteiger partial charge is 0.455 e. The molecule has 9 heteroatoms. The summed E-state index contributed by atoms with van der Waals surface area (Å²) < 4.78 is 59.2. The van der Waals surface area contributed by atoms with E-state index in [-0.39, 0.29) is 11.1 Å². The van der Waals surface area contributed by atoms with Crippen LogP contribution in [-0.2, 0) is 14.6 Å². The number of halogens is 2. The topological polar surface area (TPSA) is 80.8 Å². The van der Waals surface area contributed by atoms with Gasteiger partial charge in [-0.15, -0.1) is 0 Å². The number of ether oxygens (including phenoxy) is 1. The molecule has 0 aliphatic carbocycles. The number of sulfone groups is 1. The first-order valence-electron chi connectivity index (χ1n) is 10.5. The normalized spacial score (nSPS) is 18.9. The highest BCUT2D eigenvalue weighted by Gasteiger charge is 2.46. The van der Waals surface area contributed by atoms with Crippen molar-refractivity contribution in [2.45, 2.75) is 19.1 Å². The highest BCUT2D eigenvalue weighted by atomic mass is 32.2. The minimum absolute atomic E-state index is 0.258. The quantitative estimate of drug-likeness (QED) is 0.512. The van der Waals surface area contributed by atoms with Gasteiger partial charge in [-0.3, -0.25) is 4.79 Å². The third-order valence-corrected chi connectivity index (χ3v) is 7.28. The highest BCUT2D eigenvalue weighted by Crippen LogP contribution is 2.30. The third kappa shape index (κ3) is 4.84. The Hall–Kier alpha value is -3.59. The fourth-order valence-corrected chi connectivity index (χ4v) is 5.72. The molecule has 176 valence electrons. The molecule has 0 N–H and O–H groups in total. The van der Waals surface area contributed by atoms with E-state index in [9.17, 15) is 26.8 Å². The summed E-state index contributed by atoms with van der Waals surface area (Å²) in [7, 11) is -3.73. The molecule has 0 radical (unpaired) electrons. The van der Waals surface area contributed by atoms with E-state index in [4.69, 9.17) is 4.74 Å². The van der Waals surface area contributed by atoms with Gasteiger partial charge in [0.15, 0.2) is 9.84 Å². The van der Waals surface area contributed by atoms with Crippen LogP contribution in [0.3, 0.4) is 0 Å². The predicted molar refractivity (Wildman–Crippen MR) is 122 cm³/mol. The van der Waals surface area contributed by atoms with Crippen molar-refractivity contribution in [2.75, 3.05) is 16.4 Å². The van der Waals surface area contributed by atoms with Crippen molar-refractivity contribution in [3.05, 3.63) is 101 Å². The van der Waals surface area contributed by atoms with E-state index < -0.39 is 57.0 Å². The van der Waals surface area contributed by atoms with Crippen LogP contribution in [0.1, 0.15) is 26.3 Å². The van der Waals surface area contributed by atoms with Crippen molar-refractivity contribution in [2.24, 2.45) is 0 Å². The predicted octanol–water partition coefficient (Wildman–Crippen LogP) is 3.94. The molecule has 6 nitrogen and oxygen atoms in total. The second-order valence-corrected chi connectivity index (χ2v) is 10.2. The Balaban J connectivity index is 1.75. The van der Waals surface area contributed by atoms with Crippen LogP contribution in [0.15, 0.2) is 72.8 Å². The molecule has 3 aromatic rings. The number of carbonyl (C=O) groups is 2. The summed E-state index contributed by atoms with van der Waals surface area (Å²) in [5, 5.41) is 0. The van der Waals surface area contributed by atoms with Gasteiger partial charge in [0.1, 0.15) is 17.7 Å². The van der Waals surface area contributed by atoms with Crippen LogP contribution < -0.4 is 4.90 Å². The van der Waals surface area contributed by atoms with Gasteiger partial charge < -0.3 is 9.64 Å². The first-order chi connectivity index (χ1) is 16.2. The number of esters is 1. The fourth-order valence-electron chi connectivity index (χ4n) is 3.91. The van der Waals surface area contributed by atoms with Gasteiger partial charge in [-0.25, -0.2) is 22.0 Å². The number of benzene rings is 3.